The summed E-state index contributed by atoms with van der Waals surface area (Å²) < 4.78 is 41.9. The normalized spacial score (nSPS) is 25.7. The van der Waals surface area contributed by atoms with E-state index in [9.17, 15) is 38.1 Å². The number of aliphatic carboxylic acids is 1. The Morgan fingerprint density at radius 2 is 2.04 bits per heavy atom. The van der Waals surface area contributed by atoms with Crippen LogP contribution in [-0.2, 0) is 14.3 Å². The molecule has 25 heavy (non-hydrogen) atoms. The summed E-state index contributed by atoms with van der Waals surface area (Å²) in [5.74, 6) is -5.10. The third-order valence-electron chi connectivity index (χ3n) is 3.14. The van der Waals surface area contributed by atoms with Gasteiger partial charge in [-0.3, -0.25) is 4.79 Å². The van der Waals surface area contributed by atoms with Crippen LogP contribution in [0.1, 0.15) is 0 Å². The summed E-state index contributed by atoms with van der Waals surface area (Å²) in [6.45, 7) is -0.723. The molecule has 0 fully saturated rings. The zero-order chi connectivity index (χ0) is 19.4. The Morgan fingerprint density at radius 1 is 1.44 bits per heavy atom. The average molecular weight is 370 g/mol. The molecule has 140 valence electrons. The highest BCUT2D eigenvalue weighted by atomic mass is 19.4. The lowest BCUT2D eigenvalue weighted by molar-refractivity contribution is -0.178. The highest BCUT2D eigenvalue weighted by Gasteiger charge is 2.47. The van der Waals surface area contributed by atoms with E-state index in [1.54, 1.807) is 0 Å². The van der Waals surface area contributed by atoms with Crippen molar-refractivity contribution >= 4 is 11.9 Å². The molecule has 14 heteroatoms. The van der Waals surface area contributed by atoms with E-state index in [-0.39, 0.29) is 0 Å². The Labute approximate surface area is 136 Å². The topological polar surface area (TPSA) is 185 Å². The number of hydrogen-bond donors (Lipinski definition) is 5. The Balaban J connectivity index is 3.12. The smallest absolute Gasteiger partial charge is 0.471 e. The van der Waals surface area contributed by atoms with Crippen LogP contribution in [0.2, 0.25) is 0 Å². The first kappa shape index (κ1) is 20.5. The van der Waals surface area contributed by atoms with Crippen molar-refractivity contribution in [3.05, 3.63) is 22.3 Å². The molecule has 0 radical (unpaired) electrons. The zero-order valence-corrected chi connectivity index (χ0v) is 12.2. The molecule has 0 aliphatic carbocycles. The summed E-state index contributed by atoms with van der Waals surface area (Å²) in [7, 11) is 0. The van der Waals surface area contributed by atoms with Crippen molar-refractivity contribution in [1.82, 2.24) is 5.32 Å². The summed E-state index contributed by atoms with van der Waals surface area (Å²) in [5.41, 5.74) is 8.15. The fourth-order valence-corrected chi connectivity index (χ4v) is 1.96. The third-order valence-corrected chi connectivity index (χ3v) is 3.14. The number of rotatable bonds is 6. The number of hydrogen-bond acceptors (Lipinski definition) is 7. The van der Waals surface area contributed by atoms with Crippen molar-refractivity contribution in [1.29, 1.82) is 0 Å². The third kappa shape index (κ3) is 5.22. The molecule has 1 amide bonds. The maximum atomic E-state index is 12.4. The number of alkyl halides is 3. The molecule has 1 aliphatic rings. The number of nitrogens with one attached hydrogen (secondary N) is 1. The van der Waals surface area contributed by atoms with E-state index >= 15 is 0 Å². The molecular formula is C11H13F3N4O7. The van der Waals surface area contributed by atoms with Gasteiger partial charge in [0.05, 0.1) is 18.7 Å². The second kappa shape index (κ2) is 8.02. The van der Waals surface area contributed by atoms with Crippen LogP contribution in [0.25, 0.3) is 10.4 Å². The van der Waals surface area contributed by atoms with Crippen LogP contribution >= 0.6 is 0 Å². The molecule has 0 aromatic heterocycles. The van der Waals surface area contributed by atoms with Crippen LogP contribution in [-0.4, -0.2) is 75.5 Å². The van der Waals surface area contributed by atoms with Gasteiger partial charge in [-0.2, -0.15) is 13.2 Å². The van der Waals surface area contributed by atoms with Gasteiger partial charge in [0.1, 0.15) is 12.2 Å². The van der Waals surface area contributed by atoms with Gasteiger partial charge in [-0.05, 0) is 11.6 Å². The van der Waals surface area contributed by atoms with Gasteiger partial charge >= 0.3 is 18.1 Å². The average Bonchev–Trinajstić information content (AvgIpc) is 2.52. The molecule has 0 bridgehead atoms. The molecule has 0 unspecified atom stereocenters. The van der Waals surface area contributed by atoms with Gasteiger partial charge in [0.2, 0.25) is 5.76 Å². The lowest BCUT2D eigenvalue weighted by atomic mass is 9.93. The predicted octanol–water partition coefficient (Wildman–Crippen LogP) is -1.21. The van der Waals surface area contributed by atoms with Crippen molar-refractivity contribution in [2.75, 3.05) is 6.54 Å². The molecule has 0 saturated heterocycles. The number of aliphatic hydroxyl groups is 3. The number of carboxylic acids is 1. The Morgan fingerprint density at radius 3 is 2.52 bits per heavy atom. The molecule has 1 aliphatic heterocycles. The lowest BCUT2D eigenvalue weighted by Gasteiger charge is -2.38. The molecule has 0 aromatic rings. The number of nitrogens with zero attached hydrogens (tertiary/aromatic N) is 3. The minimum atomic E-state index is -5.32. The maximum absolute atomic E-state index is 12.4. The standard InChI is InChI=1S/C11H13F3N4O7/c12-11(13,14)10(24)17-6-3(19)1-5(9(22)23)25-8(6)7(21)4(20)2-16-18-15/h1,3-4,6-8,19-21H,2H2,(H,17,24)(H,22,23)/t3-,4+,6+,7+,8+/m0/s1. The molecule has 5 atom stereocenters. The van der Waals surface area contributed by atoms with Crippen molar-refractivity contribution in [2.45, 2.75) is 36.6 Å². The van der Waals surface area contributed by atoms with E-state index in [1.165, 1.54) is 5.32 Å². The van der Waals surface area contributed by atoms with Gasteiger partial charge in [-0.1, -0.05) is 5.11 Å². The number of amides is 1. The van der Waals surface area contributed by atoms with Gasteiger partial charge in [-0.15, -0.1) is 0 Å². The first-order chi connectivity index (χ1) is 11.5. The molecule has 1 heterocycles. The summed E-state index contributed by atoms with van der Waals surface area (Å²) >= 11 is 0. The molecule has 11 nitrogen and oxygen atoms in total. The zero-order valence-electron chi connectivity index (χ0n) is 12.2. The van der Waals surface area contributed by atoms with Crippen molar-refractivity contribution in [3.8, 4) is 0 Å². The Hall–Kier alpha value is -2.54. The van der Waals surface area contributed by atoms with Crippen LogP contribution in [0.3, 0.4) is 0 Å². The van der Waals surface area contributed by atoms with Crippen LogP contribution in [0, 0.1) is 0 Å². The molecule has 1 rings (SSSR count). The van der Waals surface area contributed by atoms with Crippen LogP contribution in [0.5, 0.6) is 0 Å². The number of halogens is 3. The summed E-state index contributed by atoms with van der Waals surface area (Å²) in [5, 5.41) is 42.5. The first-order valence-corrected chi connectivity index (χ1v) is 6.53. The molecule has 0 spiro atoms. The molecule has 5 N–H and O–H groups in total. The second-order valence-corrected chi connectivity index (χ2v) is 4.88. The molecule has 0 saturated carbocycles. The molecule has 0 aromatic carbocycles. The Bertz CT molecular complexity index is 605. The van der Waals surface area contributed by atoms with Gasteiger partial charge in [0.25, 0.3) is 0 Å². The highest BCUT2D eigenvalue weighted by Crippen LogP contribution is 2.24. The van der Waals surface area contributed by atoms with Crippen molar-refractivity contribution in [3.63, 3.8) is 0 Å². The van der Waals surface area contributed by atoms with E-state index in [0.29, 0.717) is 6.08 Å². The number of ether oxygens (including phenoxy) is 1. The quantitative estimate of drug-likeness (QED) is 0.220. The first-order valence-electron chi connectivity index (χ1n) is 6.53. The fraction of sp³-hybridized carbons (Fsp3) is 0.636. The Kier molecular flexibility index (Phi) is 6.58. The van der Waals surface area contributed by atoms with E-state index in [0.717, 1.165) is 0 Å². The van der Waals surface area contributed by atoms with Gasteiger partial charge in [-0.25, -0.2) is 4.79 Å². The summed E-state index contributed by atoms with van der Waals surface area (Å²) in [6.07, 6.45) is -12.7. The maximum Gasteiger partial charge on any atom is 0.471 e. The number of azide groups is 1. The van der Waals surface area contributed by atoms with Crippen molar-refractivity contribution < 1.29 is 47.9 Å². The minimum absolute atomic E-state index is 0.521. The van der Waals surface area contributed by atoms with E-state index in [4.69, 9.17) is 15.4 Å². The van der Waals surface area contributed by atoms with E-state index < -0.39 is 60.8 Å². The number of carboxylic acid groups (broad SMARTS) is 1. The second-order valence-electron chi connectivity index (χ2n) is 4.88. The van der Waals surface area contributed by atoms with Crippen LogP contribution < -0.4 is 5.32 Å². The monoisotopic (exact) mass is 370 g/mol. The lowest BCUT2D eigenvalue weighted by Crippen LogP contribution is -2.61. The minimum Gasteiger partial charge on any atom is -0.478 e. The predicted molar refractivity (Wildman–Crippen MR) is 70.6 cm³/mol. The summed E-state index contributed by atoms with van der Waals surface area (Å²) in [6, 6.07) is -1.94. The fourth-order valence-electron chi connectivity index (χ4n) is 1.96. The number of aliphatic hydroxyl groups excluding tert-OH is 3. The summed E-state index contributed by atoms with van der Waals surface area (Å²) in [4.78, 5) is 24.3. The van der Waals surface area contributed by atoms with Crippen molar-refractivity contribution in [2.24, 2.45) is 5.11 Å². The van der Waals surface area contributed by atoms with Gasteiger partial charge in [0, 0.05) is 4.91 Å². The number of carbonyl (C=O) groups excluding carboxylic acids is 1. The highest BCUT2D eigenvalue weighted by molar-refractivity contribution is 5.85. The van der Waals surface area contributed by atoms with Crippen LogP contribution in [0.15, 0.2) is 16.9 Å². The van der Waals surface area contributed by atoms with E-state index in [2.05, 4.69) is 10.0 Å². The van der Waals surface area contributed by atoms with E-state index in [1.807, 2.05) is 0 Å². The largest absolute Gasteiger partial charge is 0.478 e. The number of carbonyl (C=O) groups is 2. The van der Waals surface area contributed by atoms with Gasteiger partial charge < -0.3 is 30.5 Å². The molecular weight excluding hydrogens is 357 g/mol. The van der Waals surface area contributed by atoms with Crippen LogP contribution in [0.4, 0.5) is 13.2 Å². The van der Waals surface area contributed by atoms with Gasteiger partial charge in [0.15, 0.2) is 6.10 Å². The SMILES string of the molecule is [N-]=[N+]=NC[C@@H](O)[C@@H](O)[C@@H]1OC(C(=O)O)=C[C@H](O)[C@H]1NC(=O)C(F)(F)F.